The van der Waals surface area contributed by atoms with E-state index in [4.69, 9.17) is 23.2 Å². The van der Waals surface area contributed by atoms with Crippen LogP contribution in [0.15, 0.2) is 18.2 Å². The van der Waals surface area contributed by atoms with E-state index in [-0.39, 0.29) is 10.4 Å². The lowest BCUT2D eigenvalue weighted by Crippen LogP contribution is -2.03. The Morgan fingerprint density at radius 1 is 1.44 bits per heavy atom. The van der Waals surface area contributed by atoms with E-state index in [1.54, 1.807) is 6.92 Å². The lowest BCUT2D eigenvalue weighted by atomic mass is 10.3. The van der Waals surface area contributed by atoms with Gasteiger partial charge in [-0.2, -0.15) is 4.68 Å². The highest BCUT2D eigenvalue weighted by atomic mass is 35.5. The minimum Gasteiger partial charge on any atom is -0.205 e. The van der Waals surface area contributed by atoms with Crippen molar-refractivity contribution in [3.63, 3.8) is 0 Å². The zero-order valence-electron chi connectivity index (χ0n) is 8.23. The summed E-state index contributed by atoms with van der Waals surface area (Å²) in [4.78, 5) is 0. The van der Waals surface area contributed by atoms with Gasteiger partial charge in [0.2, 0.25) is 0 Å². The summed E-state index contributed by atoms with van der Waals surface area (Å²) in [6.45, 7) is 1.74. The van der Waals surface area contributed by atoms with Crippen LogP contribution < -0.4 is 0 Å². The maximum absolute atomic E-state index is 13.0. The van der Waals surface area contributed by atoms with Gasteiger partial charge in [0, 0.05) is 0 Å². The van der Waals surface area contributed by atoms with Crippen molar-refractivity contribution in [1.82, 2.24) is 20.2 Å². The molecule has 0 fully saturated rings. The van der Waals surface area contributed by atoms with Crippen LogP contribution in [0.1, 0.15) is 18.1 Å². The van der Waals surface area contributed by atoms with Gasteiger partial charge in [-0.1, -0.05) is 11.6 Å². The minimum absolute atomic E-state index is 0.0150. The average Bonchev–Trinajstić information content (AvgIpc) is 2.71. The Hall–Kier alpha value is -1.20. The van der Waals surface area contributed by atoms with E-state index in [1.165, 1.54) is 22.9 Å². The SMILES string of the molecule is CC(Cl)c1nnnn1-c1ccc(F)c(Cl)c1. The summed E-state index contributed by atoms with van der Waals surface area (Å²) in [6, 6.07) is 4.22. The van der Waals surface area contributed by atoms with Crippen LogP contribution in [-0.2, 0) is 0 Å². The van der Waals surface area contributed by atoms with Gasteiger partial charge in [0.25, 0.3) is 0 Å². The summed E-state index contributed by atoms with van der Waals surface area (Å²) in [7, 11) is 0. The molecule has 7 heteroatoms. The third-order valence-corrected chi connectivity index (χ3v) is 2.48. The zero-order chi connectivity index (χ0) is 11.7. The molecule has 0 saturated heterocycles. The fourth-order valence-corrected chi connectivity index (χ4v) is 1.55. The van der Waals surface area contributed by atoms with Crippen LogP contribution in [0.3, 0.4) is 0 Å². The molecule has 0 amide bonds. The van der Waals surface area contributed by atoms with Gasteiger partial charge in [0.1, 0.15) is 5.82 Å². The lowest BCUT2D eigenvalue weighted by Gasteiger charge is -2.06. The first-order valence-corrected chi connectivity index (χ1v) is 5.29. The van der Waals surface area contributed by atoms with Gasteiger partial charge in [0.15, 0.2) is 5.82 Å². The molecule has 1 aromatic heterocycles. The normalized spacial score (nSPS) is 12.8. The standard InChI is InChI=1S/C9H7Cl2FN4/c1-5(10)9-13-14-15-16(9)6-2-3-8(12)7(11)4-6/h2-5H,1H3. The van der Waals surface area contributed by atoms with Crippen molar-refractivity contribution in [2.24, 2.45) is 0 Å². The smallest absolute Gasteiger partial charge is 0.174 e. The Kier molecular flexibility index (Phi) is 3.07. The second kappa shape index (κ2) is 4.35. The minimum atomic E-state index is -0.487. The van der Waals surface area contributed by atoms with Gasteiger partial charge in [0.05, 0.1) is 16.1 Å². The van der Waals surface area contributed by atoms with E-state index in [0.717, 1.165) is 0 Å². The van der Waals surface area contributed by atoms with Crippen LogP contribution in [0.4, 0.5) is 4.39 Å². The molecule has 0 radical (unpaired) electrons. The Balaban J connectivity index is 2.50. The number of halogens is 3. The summed E-state index contributed by atoms with van der Waals surface area (Å²) >= 11 is 11.6. The largest absolute Gasteiger partial charge is 0.205 e. The first-order valence-electron chi connectivity index (χ1n) is 4.47. The fraction of sp³-hybridized carbons (Fsp3) is 0.222. The van der Waals surface area contributed by atoms with E-state index in [2.05, 4.69) is 15.5 Å². The Morgan fingerprint density at radius 2 is 2.19 bits per heavy atom. The molecule has 1 heterocycles. The van der Waals surface area contributed by atoms with Crippen LogP contribution in [0.5, 0.6) is 0 Å². The van der Waals surface area contributed by atoms with Crippen molar-refractivity contribution in [3.05, 3.63) is 34.9 Å². The van der Waals surface area contributed by atoms with Gasteiger partial charge in [-0.3, -0.25) is 0 Å². The quantitative estimate of drug-likeness (QED) is 0.780. The molecule has 0 bridgehead atoms. The van der Waals surface area contributed by atoms with E-state index in [9.17, 15) is 4.39 Å². The monoisotopic (exact) mass is 260 g/mol. The predicted octanol–water partition coefficient (Wildman–Crippen LogP) is 2.75. The number of aromatic nitrogens is 4. The maximum atomic E-state index is 13.0. The van der Waals surface area contributed by atoms with Crippen LogP contribution in [-0.4, -0.2) is 20.2 Å². The molecule has 2 aromatic rings. The lowest BCUT2D eigenvalue weighted by molar-refractivity contribution is 0.627. The summed E-state index contributed by atoms with van der Waals surface area (Å²) in [5.74, 6) is -0.0108. The molecule has 2 rings (SSSR count). The molecule has 0 saturated carbocycles. The highest BCUT2D eigenvalue weighted by molar-refractivity contribution is 6.30. The highest BCUT2D eigenvalue weighted by Gasteiger charge is 2.14. The molecule has 0 spiro atoms. The van der Waals surface area contributed by atoms with Crippen LogP contribution in [0.2, 0.25) is 5.02 Å². The van der Waals surface area contributed by atoms with Crippen molar-refractivity contribution < 1.29 is 4.39 Å². The van der Waals surface area contributed by atoms with E-state index in [0.29, 0.717) is 11.5 Å². The number of hydrogen-bond donors (Lipinski definition) is 0. The van der Waals surface area contributed by atoms with Gasteiger partial charge in [-0.05, 0) is 35.5 Å². The fourth-order valence-electron chi connectivity index (χ4n) is 1.24. The topological polar surface area (TPSA) is 43.6 Å². The Morgan fingerprint density at radius 3 is 2.81 bits per heavy atom. The van der Waals surface area contributed by atoms with Gasteiger partial charge in [-0.15, -0.1) is 16.7 Å². The average molecular weight is 261 g/mol. The van der Waals surface area contributed by atoms with E-state index < -0.39 is 5.82 Å². The summed E-state index contributed by atoms with van der Waals surface area (Å²) in [5.41, 5.74) is 0.568. The first-order chi connectivity index (χ1) is 7.59. The molecule has 0 aliphatic heterocycles. The third kappa shape index (κ3) is 2.01. The molecule has 1 atom stereocenters. The second-order valence-electron chi connectivity index (χ2n) is 3.16. The number of hydrogen-bond acceptors (Lipinski definition) is 3. The molecule has 1 unspecified atom stereocenters. The van der Waals surface area contributed by atoms with Gasteiger partial charge < -0.3 is 0 Å². The molecule has 16 heavy (non-hydrogen) atoms. The first kappa shape index (κ1) is 11.3. The number of alkyl halides is 1. The molecule has 4 nitrogen and oxygen atoms in total. The second-order valence-corrected chi connectivity index (χ2v) is 4.23. The Labute approximate surface area is 101 Å². The van der Waals surface area contributed by atoms with Gasteiger partial charge in [-0.25, -0.2) is 4.39 Å². The van der Waals surface area contributed by atoms with Crippen molar-refractivity contribution in [2.75, 3.05) is 0 Å². The van der Waals surface area contributed by atoms with Crippen molar-refractivity contribution in [3.8, 4) is 5.69 Å². The predicted molar refractivity (Wildman–Crippen MR) is 58.4 cm³/mol. The molecule has 0 aliphatic carbocycles. The molecule has 84 valence electrons. The zero-order valence-corrected chi connectivity index (χ0v) is 9.74. The number of nitrogens with zero attached hydrogens (tertiary/aromatic N) is 4. The van der Waals surface area contributed by atoms with Gasteiger partial charge >= 0.3 is 0 Å². The van der Waals surface area contributed by atoms with Crippen molar-refractivity contribution in [1.29, 1.82) is 0 Å². The summed E-state index contributed by atoms with van der Waals surface area (Å²) in [6.07, 6.45) is 0. The molecule has 0 N–H and O–H groups in total. The van der Waals surface area contributed by atoms with Crippen molar-refractivity contribution >= 4 is 23.2 Å². The maximum Gasteiger partial charge on any atom is 0.174 e. The van der Waals surface area contributed by atoms with E-state index >= 15 is 0 Å². The summed E-state index contributed by atoms with van der Waals surface area (Å²) in [5, 5.41) is 10.7. The summed E-state index contributed by atoms with van der Waals surface area (Å²) < 4.78 is 14.4. The molecular formula is C9H7Cl2FN4. The number of rotatable bonds is 2. The number of benzene rings is 1. The molecule has 1 aromatic carbocycles. The van der Waals surface area contributed by atoms with Crippen LogP contribution in [0.25, 0.3) is 5.69 Å². The highest BCUT2D eigenvalue weighted by Crippen LogP contribution is 2.22. The molecular weight excluding hydrogens is 254 g/mol. The Bertz CT molecular complexity index is 512. The van der Waals surface area contributed by atoms with E-state index in [1.807, 2.05) is 0 Å². The third-order valence-electron chi connectivity index (χ3n) is 2.00. The molecule has 0 aliphatic rings. The van der Waals surface area contributed by atoms with Crippen LogP contribution >= 0.6 is 23.2 Å². The number of tetrazole rings is 1. The van der Waals surface area contributed by atoms with Crippen LogP contribution in [0, 0.1) is 5.82 Å². The van der Waals surface area contributed by atoms with Crippen molar-refractivity contribution in [2.45, 2.75) is 12.3 Å².